The largest absolute Gasteiger partial charge is 0.494 e. The van der Waals surface area contributed by atoms with Gasteiger partial charge in [0.05, 0.1) is 43.4 Å². The summed E-state index contributed by atoms with van der Waals surface area (Å²) in [5, 5.41) is 10.9. The predicted octanol–water partition coefficient (Wildman–Crippen LogP) is 3.18. The van der Waals surface area contributed by atoms with Crippen LogP contribution in [-0.4, -0.2) is 60.3 Å². The van der Waals surface area contributed by atoms with Crippen LogP contribution in [0.4, 0.5) is 10.1 Å². The fourth-order valence-corrected chi connectivity index (χ4v) is 4.51. The van der Waals surface area contributed by atoms with Gasteiger partial charge >= 0.3 is 0 Å². The Morgan fingerprint density at radius 2 is 2.08 bits per heavy atom. The number of benzene rings is 2. The highest BCUT2D eigenvalue weighted by molar-refractivity contribution is 6.29. The van der Waals surface area contributed by atoms with Crippen LogP contribution in [0.2, 0.25) is 0 Å². The summed E-state index contributed by atoms with van der Waals surface area (Å²) in [6.45, 7) is 4.18. The molecule has 206 valence electrons. The van der Waals surface area contributed by atoms with Crippen LogP contribution < -0.4 is 15.9 Å². The van der Waals surface area contributed by atoms with Crippen molar-refractivity contribution in [2.75, 3.05) is 27.8 Å². The third kappa shape index (κ3) is 6.68. The number of rotatable bonds is 10. The van der Waals surface area contributed by atoms with Gasteiger partial charge in [0.2, 0.25) is 0 Å². The number of likely N-dealkylation sites (N-methyl/N-ethyl adjacent to an activating group) is 1. The first-order valence-electron chi connectivity index (χ1n) is 12.6. The number of nitrogens with zero attached hydrogens (tertiary/aromatic N) is 5. The molecule has 0 fully saturated rings. The number of ether oxygens (including phenoxy) is 2. The Kier molecular flexibility index (Phi) is 9.05. The van der Waals surface area contributed by atoms with E-state index in [1.165, 1.54) is 30.5 Å². The van der Waals surface area contributed by atoms with Crippen molar-refractivity contribution >= 4 is 23.5 Å². The molecule has 3 N–H and O–H groups in total. The van der Waals surface area contributed by atoms with Gasteiger partial charge in [0.25, 0.3) is 5.91 Å². The van der Waals surface area contributed by atoms with Gasteiger partial charge in [0.15, 0.2) is 11.6 Å². The van der Waals surface area contributed by atoms with E-state index in [9.17, 15) is 4.79 Å². The monoisotopic (exact) mass is 535 g/mol. The Hall–Kier alpha value is -4.09. The average Bonchev–Trinajstić information content (AvgIpc) is 3.33. The van der Waals surface area contributed by atoms with Gasteiger partial charge < -0.3 is 25.5 Å². The van der Waals surface area contributed by atoms with E-state index in [-0.39, 0.29) is 24.5 Å². The smallest absolute Gasteiger partial charge is 0.255 e. The Labute approximate surface area is 227 Å². The molecule has 0 bridgehead atoms. The molecule has 0 atom stereocenters. The zero-order chi connectivity index (χ0) is 27.9. The number of hydrazone groups is 1. The summed E-state index contributed by atoms with van der Waals surface area (Å²) in [5.74, 6) is 4.29. The summed E-state index contributed by atoms with van der Waals surface area (Å²) >= 11 is 0. The highest BCUT2D eigenvalue weighted by atomic mass is 19.1. The van der Waals surface area contributed by atoms with Gasteiger partial charge in [-0.15, -0.1) is 0 Å². The maximum atomic E-state index is 15.1. The topological polar surface area (TPSA) is 119 Å². The van der Waals surface area contributed by atoms with Crippen molar-refractivity contribution in [1.82, 2.24) is 20.0 Å². The number of halogens is 1. The van der Waals surface area contributed by atoms with Crippen molar-refractivity contribution in [3.8, 4) is 5.75 Å². The number of aromatic nitrogens is 2. The molecule has 4 rings (SSSR count). The average molecular weight is 536 g/mol. The lowest BCUT2D eigenvalue weighted by atomic mass is 9.98. The number of aliphatic imine (C=N–C) groups is 1. The summed E-state index contributed by atoms with van der Waals surface area (Å²) in [5.41, 5.74) is 5.59. The van der Waals surface area contributed by atoms with Gasteiger partial charge in [-0.25, -0.2) is 4.39 Å². The molecule has 1 aliphatic rings. The quantitative estimate of drug-likeness (QED) is 0.234. The van der Waals surface area contributed by atoms with Gasteiger partial charge in [-0.05, 0) is 49.2 Å². The van der Waals surface area contributed by atoms with Crippen LogP contribution in [0.1, 0.15) is 45.2 Å². The van der Waals surface area contributed by atoms with Crippen LogP contribution >= 0.6 is 0 Å². The second kappa shape index (κ2) is 12.6. The summed E-state index contributed by atoms with van der Waals surface area (Å²) < 4.78 is 27.3. The molecule has 1 aliphatic heterocycles. The first-order valence-corrected chi connectivity index (χ1v) is 12.6. The molecule has 3 aromatic rings. The molecule has 0 radical (unpaired) electrons. The van der Waals surface area contributed by atoms with Crippen molar-refractivity contribution in [2.45, 2.75) is 39.6 Å². The van der Waals surface area contributed by atoms with E-state index in [0.29, 0.717) is 29.2 Å². The third-order valence-electron chi connectivity index (χ3n) is 6.61. The van der Waals surface area contributed by atoms with E-state index in [0.717, 1.165) is 25.1 Å². The summed E-state index contributed by atoms with van der Waals surface area (Å²) in [6, 6.07) is 9.56. The van der Waals surface area contributed by atoms with Crippen LogP contribution in [0, 0.1) is 5.82 Å². The Balaban J connectivity index is 1.54. The Morgan fingerprint density at radius 1 is 1.26 bits per heavy atom. The molecule has 0 aliphatic carbocycles. The maximum Gasteiger partial charge on any atom is 0.255 e. The van der Waals surface area contributed by atoms with Crippen LogP contribution in [0.5, 0.6) is 5.75 Å². The van der Waals surface area contributed by atoms with Crippen molar-refractivity contribution in [3.63, 3.8) is 0 Å². The molecule has 1 aromatic heterocycles. The fourth-order valence-electron chi connectivity index (χ4n) is 4.51. The normalized spacial score (nSPS) is 14.0. The minimum atomic E-state index is -0.611. The van der Waals surface area contributed by atoms with Crippen molar-refractivity contribution in [2.24, 2.45) is 15.9 Å². The molecule has 11 heteroatoms. The van der Waals surface area contributed by atoms with Crippen LogP contribution in [0.25, 0.3) is 0 Å². The lowest BCUT2D eigenvalue weighted by molar-refractivity contribution is 0.0945. The highest BCUT2D eigenvalue weighted by Gasteiger charge is 2.20. The van der Waals surface area contributed by atoms with Crippen LogP contribution in [-0.2, 0) is 37.4 Å². The minimum absolute atomic E-state index is 0.0477. The molecule has 0 unspecified atom stereocenters. The van der Waals surface area contributed by atoms with Gasteiger partial charge in [-0.1, -0.05) is 18.2 Å². The number of methoxy groups -OCH3 is 2. The number of nitrogens with two attached hydrogens (primary N) is 1. The molecule has 2 aromatic carbocycles. The zero-order valence-corrected chi connectivity index (χ0v) is 22.7. The number of nitrogens with one attached hydrogen (secondary N) is 1. The number of fused-ring (bicyclic) bond motifs is 1. The van der Waals surface area contributed by atoms with E-state index in [2.05, 4.69) is 50.7 Å². The summed E-state index contributed by atoms with van der Waals surface area (Å²) in [6.07, 6.45) is 4.15. The number of hydrogen-bond acceptors (Lipinski definition) is 8. The van der Waals surface area contributed by atoms with E-state index >= 15 is 4.39 Å². The second-order valence-electron chi connectivity index (χ2n) is 9.50. The van der Waals surface area contributed by atoms with E-state index in [1.807, 2.05) is 0 Å². The minimum Gasteiger partial charge on any atom is -0.494 e. The van der Waals surface area contributed by atoms with E-state index in [4.69, 9.17) is 15.3 Å². The standard InChI is InChI=1S/C28H34FN7O3/c1-18(33-30)12-31-24-7-8-26(39-4)27(29)22(24)13-32-28(37)23-16-36(34-25(23)17-38-3)14-19-5-6-20-9-10-35(2)15-21(20)11-19/h5-8,11-12,16H,9-10,13-15,17,30H2,1-4H3,(H,32,37)/b31-12?,33-18-. The predicted molar refractivity (Wildman–Crippen MR) is 148 cm³/mol. The molecular weight excluding hydrogens is 501 g/mol. The zero-order valence-electron chi connectivity index (χ0n) is 22.7. The van der Waals surface area contributed by atoms with Gasteiger partial charge in [0, 0.05) is 38.5 Å². The number of amides is 1. The number of carbonyl (C=O) groups is 1. The van der Waals surface area contributed by atoms with Gasteiger partial charge in [-0.2, -0.15) is 10.2 Å². The summed E-state index contributed by atoms with van der Waals surface area (Å²) in [7, 11) is 5.04. The Morgan fingerprint density at radius 3 is 2.82 bits per heavy atom. The second-order valence-corrected chi connectivity index (χ2v) is 9.50. The van der Waals surface area contributed by atoms with Crippen molar-refractivity contribution < 1.29 is 18.7 Å². The highest BCUT2D eigenvalue weighted by Crippen LogP contribution is 2.29. The first-order chi connectivity index (χ1) is 18.8. The molecule has 0 saturated carbocycles. The van der Waals surface area contributed by atoms with Gasteiger partial charge in [-0.3, -0.25) is 14.5 Å². The Bertz CT molecular complexity index is 1400. The summed E-state index contributed by atoms with van der Waals surface area (Å²) in [4.78, 5) is 19.8. The van der Waals surface area contributed by atoms with Crippen molar-refractivity contribution in [3.05, 3.63) is 75.9 Å². The fraction of sp³-hybridized carbons (Fsp3) is 0.357. The van der Waals surface area contributed by atoms with E-state index in [1.54, 1.807) is 31.0 Å². The molecule has 0 saturated heterocycles. The number of hydrogen-bond donors (Lipinski definition) is 2. The molecule has 1 amide bonds. The molecule has 39 heavy (non-hydrogen) atoms. The lowest BCUT2D eigenvalue weighted by Gasteiger charge is -2.25. The van der Waals surface area contributed by atoms with Crippen LogP contribution in [0.3, 0.4) is 0 Å². The molecule has 2 heterocycles. The molecular formula is C28H34FN7O3. The number of carbonyl (C=O) groups excluding carboxylic acids is 1. The third-order valence-corrected chi connectivity index (χ3v) is 6.61. The SMILES string of the molecule is COCc1nn(Cc2ccc3c(c2)CN(C)CC3)cc1C(=O)NCc1c(N=C/C(C)=N\N)ccc(OC)c1F. The molecule has 10 nitrogen and oxygen atoms in total. The first kappa shape index (κ1) is 27.9. The van der Waals surface area contributed by atoms with Gasteiger partial charge in [0.1, 0.15) is 5.69 Å². The maximum absolute atomic E-state index is 15.1. The van der Waals surface area contributed by atoms with Crippen molar-refractivity contribution in [1.29, 1.82) is 0 Å². The van der Waals surface area contributed by atoms with Crippen LogP contribution in [0.15, 0.2) is 46.6 Å². The van der Waals surface area contributed by atoms with E-state index < -0.39 is 11.7 Å². The molecule has 0 spiro atoms. The lowest BCUT2D eigenvalue weighted by Crippen LogP contribution is -2.26.